The van der Waals surface area contributed by atoms with E-state index in [0.717, 1.165) is 5.56 Å². The molecule has 0 saturated heterocycles. The van der Waals surface area contributed by atoms with Gasteiger partial charge in [-0.15, -0.1) is 0 Å². The minimum Gasteiger partial charge on any atom is -0.399 e. The zero-order valence-corrected chi connectivity index (χ0v) is 12.3. The molecule has 0 aromatic heterocycles. The predicted molar refractivity (Wildman–Crippen MR) is 83.0 cm³/mol. The van der Waals surface area contributed by atoms with Crippen LogP contribution >= 0.6 is 0 Å². The van der Waals surface area contributed by atoms with Crippen LogP contribution in [0.15, 0.2) is 42.5 Å². The maximum Gasteiger partial charge on any atom is 0.236 e. The van der Waals surface area contributed by atoms with E-state index in [1.54, 1.807) is 49.4 Å². The fraction of sp³-hybridized carbons (Fsp3) is 0.133. The summed E-state index contributed by atoms with van der Waals surface area (Å²) in [6.45, 7) is 1.76. The average molecular weight is 301 g/mol. The zero-order valence-electron chi connectivity index (χ0n) is 11.5. The van der Waals surface area contributed by atoms with Crippen LogP contribution in [0.2, 0.25) is 0 Å². The van der Waals surface area contributed by atoms with Crippen LogP contribution in [0.3, 0.4) is 0 Å². The van der Waals surface area contributed by atoms with Gasteiger partial charge in [0.25, 0.3) is 0 Å². The molecule has 2 aromatic carbocycles. The summed E-state index contributed by atoms with van der Waals surface area (Å²) < 4.78 is 26.9. The molecule has 0 bridgehead atoms. The number of nitrogens with two attached hydrogens (primary N) is 1. The molecule has 6 heteroatoms. The van der Waals surface area contributed by atoms with Crippen LogP contribution in [0.5, 0.6) is 0 Å². The maximum atomic E-state index is 12.2. The lowest BCUT2D eigenvalue weighted by Crippen LogP contribution is -2.16. The number of nitriles is 1. The van der Waals surface area contributed by atoms with Crippen molar-refractivity contribution in [3.63, 3.8) is 0 Å². The monoisotopic (exact) mass is 301 g/mol. The van der Waals surface area contributed by atoms with Gasteiger partial charge in [-0.3, -0.25) is 4.72 Å². The first-order chi connectivity index (χ1) is 9.91. The first kappa shape index (κ1) is 14.9. The second kappa shape index (κ2) is 5.85. The summed E-state index contributed by atoms with van der Waals surface area (Å²) in [6, 6.07) is 13.7. The Morgan fingerprint density at radius 1 is 1.24 bits per heavy atom. The van der Waals surface area contributed by atoms with Crippen molar-refractivity contribution in [3.8, 4) is 6.07 Å². The Hall–Kier alpha value is -2.52. The number of rotatable bonds is 4. The van der Waals surface area contributed by atoms with E-state index in [1.165, 1.54) is 0 Å². The number of anilines is 2. The van der Waals surface area contributed by atoms with Crippen LogP contribution in [-0.2, 0) is 15.8 Å². The van der Waals surface area contributed by atoms with E-state index in [1.807, 2.05) is 6.07 Å². The molecule has 0 aliphatic heterocycles. The Bertz CT molecular complexity index is 808. The highest BCUT2D eigenvalue weighted by atomic mass is 32.2. The molecule has 0 spiro atoms. The van der Waals surface area contributed by atoms with Gasteiger partial charge in [0, 0.05) is 5.69 Å². The average Bonchev–Trinajstić information content (AvgIpc) is 2.37. The Labute approximate surface area is 124 Å². The molecule has 3 N–H and O–H groups in total. The Morgan fingerprint density at radius 3 is 2.62 bits per heavy atom. The molecule has 0 saturated carbocycles. The summed E-state index contributed by atoms with van der Waals surface area (Å²) in [5.74, 6) is -0.198. The second-order valence-corrected chi connectivity index (χ2v) is 6.44. The molecule has 0 radical (unpaired) electrons. The van der Waals surface area contributed by atoms with Gasteiger partial charge in [0.15, 0.2) is 0 Å². The number of aryl methyl sites for hydroxylation is 1. The van der Waals surface area contributed by atoms with E-state index in [-0.39, 0.29) is 5.75 Å². The van der Waals surface area contributed by atoms with Gasteiger partial charge in [0.1, 0.15) is 6.07 Å². The second-order valence-electron chi connectivity index (χ2n) is 4.72. The van der Waals surface area contributed by atoms with Crippen molar-refractivity contribution in [1.82, 2.24) is 0 Å². The molecule has 0 amide bonds. The van der Waals surface area contributed by atoms with Gasteiger partial charge in [-0.1, -0.05) is 24.3 Å². The number of hydrogen-bond acceptors (Lipinski definition) is 4. The van der Waals surface area contributed by atoms with Crippen molar-refractivity contribution in [3.05, 3.63) is 59.2 Å². The van der Waals surface area contributed by atoms with Crippen LogP contribution in [-0.4, -0.2) is 8.42 Å². The molecule has 0 aliphatic rings. The van der Waals surface area contributed by atoms with Crippen LogP contribution in [0.4, 0.5) is 11.4 Å². The van der Waals surface area contributed by atoms with Gasteiger partial charge < -0.3 is 5.73 Å². The largest absolute Gasteiger partial charge is 0.399 e. The Kier molecular flexibility index (Phi) is 4.15. The Balaban J connectivity index is 2.27. The molecule has 0 fully saturated rings. The molecule has 2 rings (SSSR count). The predicted octanol–water partition coefficient (Wildman–Crippen LogP) is 2.39. The van der Waals surface area contributed by atoms with Gasteiger partial charge in [0.2, 0.25) is 10.0 Å². The molecule has 5 nitrogen and oxygen atoms in total. The summed E-state index contributed by atoms with van der Waals surface area (Å²) in [4.78, 5) is 0. The van der Waals surface area contributed by atoms with E-state index in [2.05, 4.69) is 4.72 Å². The molecule has 0 heterocycles. The summed E-state index contributed by atoms with van der Waals surface area (Å²) in [5.41, 5.74) is 8.08. The third kappa shape index (κ3) is 3.74. The van der Waals surface area contributed by atoms with Gasteiger partial charge in [-0.05, 0) is 36.2 Å². The third-order valence-electron chi connectivity index (χ3n) is 2.96. The topological polar surface area (TPSA) is 96.0 Å². The summed E-state index contributed by atoms with van der Waals surface area (Å²) in [5, 5.41) is 9.12. The van der Waals surface area contributed by atoms with Crippen molar-refractivity contribution in [2.75, 3.05) is 10.5 Å². The minimum atomic E-state index is -3.61. The normalized spacial score (nSPS) is 10.9. The lowest BCUT2D eigenvalue weighted by molar-refractivity contribution is 0.600. The molecule has 0 atom stereocenters. The van der Waals surface area contributed by atoms with Crippen LogP contribution < -0.4 is 10.5 Å². The van der Waals surface area contributed by atoms with Crippen LogP contribution in [0.1, 0.15) is 16.7 Å². The Morgan fingerprint density at radius 2 is 1.95 bits per heavy atom. The lowest BCUT2D eigenvalue weighted by atomic mass is 10.1. The number of nitrogens with one attached hydrogen (secondary N) is 1. The SMILES string of the molecule is Cc1cccc(NS(=O)(=O)Cc2cccc(N)c2)c1C#N. The van der Waals surface area contributed by atoms with E-state index < -0.39 is 10.0 Å². The van der Waals surface area contributed by atoms with E-state index in [9.17, 15) is 8.42 Å². The summed E-state index contributed by atoms with van der Waals surface area (Å²) in [7, 11) is -3.61. The molecular weight excluding hydrogens is 286 g/mol. The smallest absolute Gasteiger partial charge is 0.236 e. The maximum absolute atomic E-state index is 12.2. The highest BCUT2D eigenvalue weighted by Crippen LogP contribution is 2.21. The van der Waals surface area contributed by atoms with Crippen molar-refractivity contribution >= 4 is 21.4 Å². The van der Waals surface area contributed by atoms with Gasteiger partial charge in [-0.25, -0.2) is 8.42 Å². The van der Waals surface area contributed by atoms with Gasteiger partial charge in [0.05, 0.1) is 17.0 Å². The lowest BCUT2D eigenvalue weighted by Gasteiger charge is -2.11. The summed E-state index contributed by atoms with van der Waals surface area (Å²) >= 11 is 0. The number of nitrogen functional groups attached to an aromatic ring is 1. The van der Waals surface area contributed by atoms with Gasteiger partial charge >= 0.3 is 0 Å². The quantitative estimate of drug-likeness (QED) is 0.847. The van der Waals surface area contributed by atoms with E-state index in [0.29, 0.717) is 22.5 Å². The van der Waals surface area contributed by atoms with Gasteiger partial charge in [-0.2, -0.15) is 5.26 Å². The first-order valence-electron chi connectivity index (χ1n) is 6.26. The molecule has 0 unspecified atom stereocenters. The molecule has 2 aromatic rings. The fourth-order valence-corrected chi connectivity index (χ4v) is 3.20. The van der Waals surface area contributed by atoms with Crippen LogP contribution in [0.25, 0.3) is 0 Å². The highest BCUT2D eigenvalue weighted by molar-refractivity contribution is 7.91. The van der Waals surface area contributed by atoms with Crippen LogP contribution in [0, 0.1) is 18.3 Å². The number of nitrogens with zero attached hydrogens (tertiary/aromatic N) is 1. The minimum absolute atomic E-state index is 0.198. The fourth-order valence-electron chi connectivity index (χ4n) is 2.01. The molecule has 21 heavy (non-hydrogen) atoms. The van der Waals surface area contributed by atoms with Crippen molar-refractivity contribution in [2.45, 2.75) is 12.7 Å². The standard InChI is InChI=1S/C15H15N3O2S/c1-11-4-2-7-15(14(11)9-16)18-21(19,20)10-12-5-3-6-13(17)8-12/h2-8,18H,10,17H2,1H3. The number of sulfonamides is 1. The molecule has 0 aliphatic carbocycles. The highest BCUT2D eigenvalue weighted by Gasteiger charge is 2.15. The molecular formula is C15H15N3O2S. The first-order valence-corrected chi connectivity index (χ1v) is 7.91. The third-order valence-corrected chi connectivity index (χ3v) is 4.20. The van der Waals surface area contributed by atoms with Crippen molar-refractivity contribution < 1.29 is 8.42 Å². The molecule has 108 valence electrons. The zero-order chi connectivity index (χ0) is 15.5. The number of benzene rings is 2. The van der Waals surface area contributed by atoms with E-state index >= 15 is 0 Å². The van der Waals surface area contributed by atoms with Crippen molar-refractivity contribution in [1.29, 1.82) is 5.26 Å². The summed E-state index contributed by atoms with van der Waals surface area (Å²) in [6.07, 6.45) is 0. The van der Waals surface area contributed by atoms with Crippen molar-refractivity contribution in [2.24, 2.45) is 0 Å². The number of hydrogen-bond donors (Lipinski definition) is 2. The van der Waals surface area contributed by atoms with E-state index in [4.69, 9.17) is 11.0 Å².